The summed E-state index contributed by atoms with van der Waals surface area (Å²) in [6.07, 6.45) is 1.79. The normalized spacial score (nSPS) is 11.9. The van der Waals surface area contributed by atoms with Crippen molar-refractivity contribution in [2.24, 2.45) is 0 Å². The Morgan fingerprint density at radius 1 is 1.62 bits per heavy atom. The summed E-state index contributed by atoms with van der Waals surface area (Å²) in [4.78, 5) is 26.4. The van der Waals surface area contributed by atoms with Crippen molar-refractivity contribution in [3.8, 4) is 0 Å². The van der Waals surface area contributed by atoms with Crippen LogP contribution in [0.15, 0.2) is 11.6 Å². The van der Waals surface area contributed by atoms with Crippen molar-refractivity contribution in [2.45, 2.75) is 19.4 Å². The summed E-state index contributed by atoms with van der Waals surface area (Å²) in [6, 6.07) is -0.749. The molecule has 0 aliphatic rings. The van der Waals surface area contributed by atoms with Crippen molar-refractivity contribution < 1.29 is 9.59 Å². The quantitative estimate of drug-likeness (QED) is 0.810. The maximum atomic E-state index is 11.3. The third-order valence-corrected chi connectivity index (χ3v) is 2.89. The highest BCUT2D eigenvalue weighted by molar-refractivity contribution is 7.09. The Hall–Kier alpha value is -1.14. The zero-order valence-corrected chi connectivity index (χ0v) is 10.3. The highest BCUT2D eigenvalue weighted by Crippen LogP contribution is 2.14. The highest BCUT2D eigenvalue weighted by atomic mass is 35.5. The summed E-state index contributed by atoms with van der Waals surface area (Å²) in [7, 11) is 0. The molecule has 0 spiro atoms. The summed E-state index contributed by atoms with van der Waals surface area (Å²) in [5, 5.41) is 7.40. The van der Waals surface area contributed by atoms with E-state index in [4.69, 9.17) is 11.6 Å². The van der Waals surface area contributed by atoms with Gasteiger partial charge in [0.15, 0.2) is 0 Å². The molecule has 1 atom stereocenters. The molecular formula is C9H12ClN3O2S. The van der Waals surface area contributed by atoms with Crippen molar-refractivity contribution in [3.63, 3.8) is 0 Å². The largest absolute Gasteiger partial charge is 0.329 e. The standard InChI is InChI=1S/C9H12ClN3O2S/c1-6(8-11-4-5-16-8)12-9(15)13-7(14)2-3-10/h4-6H,2-3H2,1H3,(H2,12,13,14,15). The minimum atomic E-state index is -0.530. The van der Waals surface area contributed by atoms with Crippen LogP contribution in [0.5, 0.6) is 0 Å². The van der Waals surface area contributed by atoms with Gasteiger partial charge in [-0.15, -0.1) is 22.9 Å². The van der Waals surface area contributed by atoms with Gasteiger partial charge in [-0.1, -0.05) is 0 Å². The number of carbonyl (C=O) groups is 2. The van der Waals surface area contributed by atoms with E-state index in [0.29, 0.717) is 0 Å². The van der Waals surface area contributed by atoms with Crippen molar-refractivity contribution in [1.29, 1.82) is 0 Å². The molecule has 3 amide bonds. The average Bonchev–Trinajstić information content (AvgIpc) is 2.69. The third-order valence-electron chi connectivity index (χ3n) is 1.74. The number of hydrogen-bond acceptors (Lipinski definition) is 4. The first-order valence-corrected chi connectivity index (χ1v) is 6.10. The van der Waals surface area contributed by atoms with Gasteiger partial charge in [0.1, 0.15) is 5.01 Å². The number of nitrogens with zero attached hydrogens (tertiary/aromatic N) is 1. The lowest BCUT2D eigenvalue weighted by atomic mass is 10.3. The Morgan fingerprint density at radius 2 is 2.38 bits per heavy atom. The van der Waals surface area contributed by atoms with E-state index in [9.17, 15) is 9.59 Å². The van der Waals surface area contributed by atoms with Gasteiger partial charge in [0.25, 0.3) is 0 Å². The number of urea groups is 1. The van der Waals surface area contributed by atoms with Gasteiger partial charge in [0.05, 0.1) is 6.04 Å². The predicted octanol–water partition coefficient (Wildman–Crippen LogP) is 1.66. The van der Waals surface area contributed by atoms with Crippen molar-refractivity contribution in [2.75, 3.05) is 5.88 Å². The molecule has 5 nitrogen and oxygen atoms in total. The third kappa shape index (κ3) is 4.16. The molecule has 1 unspecified atom stereocenters. The molecule has 0 aliphatic carbocycles. The van der Waals surface area contributed by atoms with E-state index < -0.39 is 6.03 Å². The fourth-order valence-electron chi connectivity index (χ4n) is 1.02. The Bertz CT molecular complexity index is 356. The van der Waals surface area contributed by atoms with Crippen LogP contribution in [0.25, 0.3) is 0 Å². The predicted molar refractivity (Wildman–Crippen MR) is 62.5 cm³/mol. The second-order valence-electron chi connectivity index (χ2n) is 3.05. The Labute approximate surface area is 102 Å². The number of carbonyl (C=O) groups excluding carboxylic acids is 2. The number of aromatic nitrogens is 1. The van der Waals surface area contributed by atoms with E-state index in [0.717, 1.165) is 5.01 Å². The van der Waals surface area contributed by atoms with Crippen LogP contribution in [0, 0.1) is 0 Å². The lowest BCUT2D eigenvalue weighted by Gasteiger charge is -2.11. The molecule has 0 radical (unpaired) electrons. The second kappa shape index (κ2) is 6.44. The molecule has 0 saturated carbocycles. The van der Waals surface area contributed by atoms with Gasteiger partial charge in [0.2, 0.25) is 5.91 Å². The van der Waals surface area contributed by atoms with E-state index >= 15 is 0 Å². The monoisotopic (exact) mass is 261 g/mol. The van der Waals surface area contributed by atoms with Crippen LogP contribution in [-0.4, -0.2) is 22.8 Å². The first kappa shape index (κ1) is 12.9. The minimum absolute atomic E-state index is 0.126. The smallest absolute Gasteiger partial charge is 0.321 e. The number of thiazole rings is 1. The van der Waals surface area contributed by atoms with Gasteiger partial charge in [-0.25, -0.2) is 9.78 Å². The van der Waals surface area contributed by atoms with Crippen LogP contribution in [-0.2, 0) is 4.79 Å². The summed E-state index contributed by atoms with van der Waals surface area (Å²) in [5.41, 5.74) is 0. The number of amides is 3. The maximum absolute atomic E-state index is 11.3. The molecule has 0 bridgehead atoms. The fourth-order valence-corrected chi connectivity index (χ4v) is 1.84. The molecule has 0 fully saturated rings. The molecule has 2 N–H and O–H groups in total. The molecule has 0 aromatic carbocycles. The summed E-state index contributed by atoms with van der Waals surface area (Å²) in [5.74, 6) is -0.194. The second-order valence-corrected chi connectivity index (χ2v) is 4.36. The first-order chi connectivity index (χ1) is 7.63. The maximum Gasteiger partial charge on any atom is 0.321 e. The Balaban J connectivity index is 2.37. The number of halogens is 1. The summed E-state index contributed by atoms with van der Waals surface area (Å²) < 4.78 is 0. The molecule has 1 rings (SSSR count). The fraction of sp³-hybridized carbons (Fsp3) is 0.444. The van der Waals surface area contributed by atoms with Crippen molar-refractivity contribution in [3.05, 3.63) is 16.6 Å². The number of rotatable bonds is 4. The van der Waals surface area contributed by atoms with Crippen LogP contribution < -0.4 is 10.6 Å². The van der Waals surface area contributed by atoms with Gasteiger partial charge in [0, 0.05) is 23.9 Å². The van der Waals surface area contributed by atoms with E-state index in [1.165, 1.54) is 11.3 Å². The van der Waals surface area contributed by atoms with Gasteiger partial charge in [-0.3, -0.25) is 10.1 Å². The molecule has 1 heterocycles. The molecule has 16 heavy (non-hydrogen) atoms. The first-order valence-electron chi connectivity index (χ1n) is 4.69. The van der Waals surface area contributed by atoms with Gasteiger partial charge in [-0.05, 0) is 6.92 Å². The van der Waals surface area contributed by atoms with Crippen LogP contribution in [0.1, 0.15) is 24.4 Å². The van der Waals surface area contributed by atoms with Gasteiger partial charge < -0.3 is 5.32 Å². The summed E-state index contributed by atoms with van der Waals surface area (Å²) in [6.45, 7) is 1.80. The number of nitrogens with one attached hydrogen (secondary N) is 2. The highest BCUT2D eigenvalue weighted by Gasteiger charge is 2.13. The van der Waals surface area contributed by atoms with E-state index in [1.807, 2.05) is 5.38 Å². The van der Waals surface area contributed by atoms with Crippen LogP contribution in [0.2, 0.25) is 0 Å². The Morgan fingerprint density at radius 3 is 2.94 bits per heavy atom. The SMILES string of the molecule is CC(NC(=O)NC(=O)CCCl)c1nccs1. The van der Waals surface area contributed by atoms with Gasteiger partial charge in [-0.2, -0.15) is 0 Å². The Kier molecular flexibility index (Phi) is 5.21. The van der Waals surface area contributed by atoms with Crippen LogP contribution in [0.3, 0.4) is 0 Å². The average molecular weight is 262 g/mol. The minimum Gasteiger partial charge on any atom is -0.329 e. The molecule has 0 saturated heterocycles. The van der Waals surface area contributed by atoms with E-state index in [-0.39, 0.29) is 24.2 Å². The molecule has 1 aromatic rings. The molecular weight excluding hydrogens is 250 g/mol. The summed E-state index contributed by atoms with van der Waals surface area (Å²) >= 11 is 6.81. The molecule has 88 valence electrons. The molecule has 0 aliphatic heterocycles. The zero-order chi connectivity index (χ0) is 12.0. The van der Waals surface area contributed by atoms with E-state index in [1.54, 1.807) is 13.1 Å². The van der Waals surface area contributed by atoms with Crippen LogP contribution in [0.4, 0.5) is 4.79 Å². The number of alkyl halides is 1. The van der Waals surface area contributed by atoms with Crippen LogP contribution >= 0.6 is 22.9 Å². The number of imide groups is 1. The number of hydrogen-bond donors (Lipinski definition) is 2. The van der Waals surface area contributed by atoms with Crippen molar-refractivity contribution >= 4 is 34.9 Å². The molecule has 7 heteroatoms. The lowest BCUT2D eigenvalue weighted by molar-refractivity contribution is -0.119. The van der Waals surface area contributed by atoms with Gasteiger partial charge >= 0.3 is 6.03 Å². The topological polar surface area (TPSA) is 71.1 Å². The molecule has 1 aromatic heterocycles. The van der Waals surface area contributed by atoms with Crippen molar-refractivity contribution in [1.82, 2.24) is 15.6 Å². The van der Waals surface area contributed by atoms with E-state index in [2.05, 4.69) is 15.6 Å². The lowest BCUT2D eigenvalue weighted by Crippen LogP contribution is -2.40. The zero-order valence-electron chi connectivity index (χ0n) is 8.70.